The molecule has 142 valence electrons. The smallest absolute Gasteiger partial charge is 0.227 e. The summed E-state index contributed by atoms with van der Waals surface area (Å²) in [7, 11) is 0. The number of carbonyl (C=O) groups is 2. The van der Waals surface area contributed by atoms with Crippen LogP contribution in [0.4, 0.5) is 0 Å². The quantitative estimate of drug-likeness (QED) is 0.799. The molecule has 0 spiro atoms. The van der Waals surface area contributed by atoms with E-state index in [2.05, 4.69) is 4.90 Å². The summed E-state index contributed by atoms with van der Waals surface area (Å²) >= 11 is 0. The Kier molecular flexibility index (Phi) is 6.50. The summed E-state index contributed by atoms with van der Waals surface area (Å²) in [5.74, 6) is 1.16. The lowest BCUT2D eigenvalue weighted by atomic mass is 9.96. The molecule has 1 unspecified atom stereocenters. The van der Waals surface area contributed by atoms with Gasteiger partial charge >= 0.3 is 0 Å². The minimum Gasteiger partial charge on any atom is -0.492 e. The average molecular weight is 359 g/mol. The predicted octanol–water partition coefficient (Wildman–Crippen LogP) is 1.47. The molecule has 0 aliphatic carbocycles. The molecule has 6 heteroatoms. The Morgan fingerprint density at radius 3 is 2.46 bits per heavy atom. The largest absolute Gasteiger partial charge is 0.492 e. The number of piperidine rings is 1. The van der Waals surface area contributed by atoms with Crippen molar-refractivity contribution in [2.24, 2.45) is 5.92 Å². The van der Waals surface area contributed by atoms with Crippen LogP contribution in [0.15, 0.2) is 30.3 Å². The highest BCUT2D eigenvalue weighted by atomic mass is 16.5. The van der Waals surface area contributed by atoms with Crippen LogP contribution in [0.3, 0.4) is 0 Å². The van der Waals surface area contributed by atoms with Crippen molar-refractivity contribution < 1.29 is 14.3 Å². The van der Waals surface area contributed by atoms with Crippen LogP contribution in [0.1, 0.15) is 19.8 Å². The molecule has 2 amide bonds. The fourth-order valence-corrected chi connectivity index (χ4v) is 3.72. The van der Waals surface area contributed by atoms with E-state index < -0.39 is 0 Å². The molecule has 1 atom stereocenters. The molecule has 2 heterocycles. The minimum absolute atomic E-state index is 0.0272. The van der Waals surface area contributed by atoms with Gasteiger partial charge in [0, 0.05) is 52.7 Å². The summed E-state index contributed by atoms with van der Waals surface area (Å²) in [6.07, 6.45) is 1.82. The number of benzene rings is 1. The van der Waals surface area contributed by atoms with E-state index in [0.717, 1.165) is 57.9 Å². The Morgan fingerprint density at radius 2 is 1.77 bits per heavy atom. The number of likely N-dealkylation sites (tertiary alicyclic amines) is 1. The number of hydrogen-bond acceptors (Lipinski definition) is 4. The Bertz CT molecular complexity index is 600. The Labute approximate surface area is 155 Å². The molecule has 2 aliphatic heterocycles. The van der Waals surface area contributed by atoms with Gasteiger partial charge in [-0.25, -0.2) is 0 Å². The highest BCUT2D eigenvalue weighted by Gasteiger charge is 2.31. The number of rotatable bonds is 5. The standard InChI is InChI=1S/C20H29N3O3/c1-17(24)23-9-5-6-18(16-23)20(25)22-12-10-21(11-13-22)14-15-26-19-7-3-2-4-8-19/h2-4,7-8,18H,5-6,9-16H2,1H3. The maximum Gasteiger partial charge on any atom is 0.227 e. The van der Waals surface area contributed by atoms with Crippen LogP contribution < -0.4 is 4.74 Å². The van der Waals surface area contributed by atoms with Gasteiger partial charge in [-0.15, -0.1) is 0 Å². The molecule has 2 aliphatic rings. The molecular formula is C20H29N3O3. The van der Waals surface area contributed by atoms with Gasteiger partial charge in [0.1, 0.15) is 12.4 Å². The van der Waals surface area contributed by atoms with Crippen LogP contribution in [-0.2, 0) is 9.59 Å². The first-order valence-corrected chi connectivity index (χ1v) is 9.58. The monoisotopic (exact) mass is 359 g/mol. The van der Waals surface area contributed by atoms with E-state index in [1.807, 2.05) is 40.1 Å². The number of carbonyl (C=O) groups excluding carboxylic acids is 2. The van der Waals surface area contributed by atoms with Crippen molar-refractivity contribution in [3.05, 3.63) is 30.3 Å². The SMILES string of the molecule is CC(=O)N1CCCC(C(=O)N2CCN(CCOc3ccccc3)CC2)C1. The van der Waals surface area contributed by atoms with Crippen LogP contribution in [0.5, 0.6) is 5.75 Å². The molecule has 0 radical (unpaired) electrons. The molecule has 0 bridgehead atoms. The number of nitrogens with zero attached hydrogens (tertiary/aromatic N) is 3. The second kappa shape index (κ2) is 9.03. The third-order valence-electron chi connectivity index (χ3n) is 5.32. The number of ether oxygens (including phenoxy) is 1. The zero-order valence-corrected chi connectivity index (χ0v) is 15.6. The van der Waals surface area contributed by atoms with Gasteiger partial charge in [0.25, 0.3) is 0 Å². The molecule has 0 aromatic heterocycles. The van der Waals surface area contributed by atoms with Crippen molar-refractivity contribution in [3.63, 3.8) is 0 Å². The van der Waals surface area contributed by atoms with E-state index in [1.165, 1.54) is 0 Å². The first-order chi connectivity index (χ1) is 12.6. The van der Waals surface area contributed by atoms with Crippen LogP contribution in [0, 0.1) is 5.92 Å². The summed E-state index contributed by atoms with van der Waals surface area (Å²) < 4.78 is 5.75. The molecule has 2 saturated heterocycles. The van der Waals surface area contributed by atoms with Gasteiger partial charge in [-0.2, -0.15) is 0 Å². The molecule has 2 fully saturated rings. The topological polar surface area (TPSA) is 53.1 Å². The lowest BCUT2D eigenvalue weighted by molar-refractivity contribution is -0.141. The van der Waals surface area contributed by atoms with Gasteiger partial charge < -0.3 is 14.5 Å². The lowest BCUT2D eigenvalue weighted by Gasteiger charge is -2.38. The molecule has 1 aromatic rings. The first kappa shape index (κ1) is 18.7. The van der Waals surface area contributed by atoms with E-state index in [9.17, 15) is 9.59 Å². The molecule has 6 nitrogen and oxygen atoms in total. The van der Waals surface area contributed by atoms with Gasteiger partial charge in [-0.05, 0) is 25.0 Å². The molecule has 0 N–H and O–H groups in total. The summed E-state index contributed by atoms with van der Waals surface area (Å²) in [5.41, 5.74) is 0. The summed E-state index contributed by atoms with van der Waals surface area (Å²) in [4.78, 5) is 30.5. The van der Waals surface area contributed by atoms with E-state index >= 15 is 0 Å². The maximum atomic E-state index is 12.8. The third-order valence-corrected chi connectivity index (χ3v) is 5.32. The van der Waals surface area contributed by atoms with E-state index in [1.54, 1.807) is 6.92 Å². The first-order valence-electron chi connectivity index (χ1n) is 9.58. The van der Waals surface area contributed by atoms with Crippen LogP contribution in [-0.4, -0.2) is 78.9 Å². The summed E-state index contributed by atoms with van der Waals surface area (Å²) in [6.45, 7) is 7.78. The summed E-state index contributed by atoms with van der Waals surface area (Å²) in [5, 5.41) is 0. The summed E-state index contributed by atoms with van der Waals surface area (Å²) in [6, 6.07) is 9.84. The number of hydrogen-bond donors (Lipinski definition) is 0. The molecular weight excluding hydrogens is 330 g/mol. The highest BCUT2D eigenvalue weighted by Crippen LogP contribution is 2.20. The van der Waals surface area contributed by atoms with Gasteiger partial charge in [0.2, 0.25) is 11.8 Å². The van der Waals surface area contributed by atoms with E-state index in [4.69, 9.17) is 4.74 Å². The minimum atomic E-state index is -0.0272. The van der Waals surface area contributed by atoms with Crippen molar-refractivity contribution in [3.8, 4) is 5.75 Å². The normalized spacial score (nSPS) is 21.5. The van der Waals surface area contributed by atoms with Gasteiger partial charge in [0.05, 0.1) is 5.92 Å². The van der Waals surface area contributed by atoms with Crippen molar-refractivity contribution >= 4 is 11.8 Å². The van der Waals surface area contributed by atoms with Gasteiger partial charge in [-0.3, -0.25) is 14.5 Å². The Morgan fingerprint density at radius 1 is 1.04 bits per heavy atom. The lowest BCUT2D eigenvalue weighted by Crippen LogP contribution is -2.53. The molecule has 26 heavy (non-hydrogen) atoms. The Hall–Kier alpha value is -2.08. The van der Waals surface area contributed by atoms with Gasteiger partial charge in [0.15, 0.2) is 0 Å². The highest BCUT2D eigenvalue weighted by molar-refractivity contribution is 5.81. The molecule has 3 rings (SSSR count). The van der Waals surface area contributed by atoms with Crippen molar-refractivity contribution in [1.29, 1.82) is 0 Å². The van der Waals surface area contributed by atoms with Crippen molar-refractivity contribution in [2.75, 3.05) is 52.4 Å². The number of para-hydroxylation sites is 1. The van der Waals surface area contributed by atoms with Crippen LogP contribution in [0.25, 0.3) is 0 Å². The second-order valence-corrected chi connectivity index (χ2v) is 7.13. The zero-order valence-electron chi connectivity index (χ0n) is 15.6. The van der Waals surface area contributed by atoms with Gasteiger partial charge in [-0.1, -0.05) is 18.2 Å². The van der Waals surface area contributed by atoms with Crippen molar-refractivity contribution in [2.45, 2.75) is 19.8 Å². The van der Waals surface area contributed by atoms with Crippen molar-refractivity contribution in [1.82, 2.24) is 14.7 Å². The zero-order chi connectivity index (χ0) is 18.4. The third kappa shape index (κ3) is 4.97. The number of piperazine rings is 1. The fourth-order valence-electron chi connectivity index (χ4n) is 3.72. The maximum absolute atomic E-state index is 12.8. The fraction of sp³-hybridized carbons (Fsp3) is 0.600. The van der Waals surface area contributed by atoms with Crippen LogP contribution >= 0.6 is 0 Å². The molecule has 0 saturated carbocycles. The Balaban J connectivity index is 1.39. The molecule has 1 aromatic carbocycles. The van der Waals surface area contributed by atoms with E-state index in [-0.39, 0.29) is 17.7 Å². The number of amides is 2. The van der Waals surface area contributed by atoms with E-state index in [0.29, 0.717) is 13.2 Å². The predicted molar refractivity (Wildman–Crippen MR) is 99.9 cm³/mol. The second-order valence-electron chi connectivity index (χ2n) is 7.13. The average Bonchev–Trinajstić information content (AvgIpc) is 2.69. The van der Waals surface area contributed by atoms with Crippen LogP contribution in [0.2, 0.25) is 0 Å².